The molecule has 2 unspecified atom stereocenters. The molecule has 2 heteroatoms. The minimum Gasteiger partial charge on any atom is -0.381 e. The predicted molar refractivity (Wildman–Crippen MR) is 66.3 cm³/mol. The second-order valence-corrected chi connectivity index (χ2v) is 4.73. The Morgan fingerprint density at radius 1 is 1.38 bits per heavy atom. The largest absolute Gasteiger partial charge is 0.381 e. The first-order valence-corrected chi connectivity index (χ1v) is 6.19. The van der Waals surface area contributed by atoms with Crippen molar-refractivity contribution in [1.82, 2.24) is 5.32 Å². The van der Waals surface area contributed by atoms with Crippen LogP contribution >= 0.6 is 0 Å². The maximum atomic E-state index is 5.39. The lowest BCUT2D eigenvalue weighted by molar-refractivity contribution is 0.182. The molecule has 1 aliphatic rings. The van der Waals surface area contributed by atoms with Crippen LogP contribution < -0.4 is 5.32 Å². The molecule has 0 saturated carbocycles. The quantitative estimate of drug-likeness (QED) is 0.822. The van der Waals surface area contributed by atoms with Crippen molar-refractivity contribution in [1.29, 1.82) is 0 Å². The van der Waals surface area contributed by atoms with E-state index in [0.717, 1.165) is 25.7 Å². The molecule has 0 bridgehead atoms. The number of nitrogens with one attached hydrogen (secondary N) is 1. The molecule has 16 heavy (non-hydrogen) atoms. The van der Waals surface area contributed by atoms with E-state index in [1.807, 2.05) is 0 Å². The first-order chi connectivity index (χ1) is 7.84. The van der Waals surface area contributed by atoms with Gasteiger partial charge < -0.3 is 10.1 Å². The molecule has 0 aliphatic carbocycles. The van der Waals surface area contributed by atoms with E-state index < -0.39 is 0 Å². The van der Waals surface area contributed by atoms with Crippen LogP contribution in [0, 0.1) is 5.92 Å². The molecular weight excluding hydrogens is 198 g/mol. The van der Waals surface area contributed by atoms with E-state index in [9.17, 15) is 0 Å². The summed E-state index contributed by atoms with van der Waals surface area (Å²) in [5.41, 5.74) is 1.36. The molecule has 1 heterocycles. The van der Waals surface area contributed by atoms with Gasteiger partial charge in [0, 0.05) is 25.8 Å². The maximum absolute atomic E-state index is 5.39. The minimum atomic E-state index is 0.576. The zero-order valence-electron chi connectivity index (χ0n) is 9.99. The average molecular weight is 219 g/mol. The lowest BCUT2D eigenvalue weighted by Crippen LogP contribution is -2.28. The Morgan fingerprint density at radius 2 is 2.19 bits per heavy atom. The van der Waals surface area contributed by atoms with E-state index in [0.29, 0.717) is 6.04 Å². The summed E-state index contributed by atoms with van der Waals surface area (Å²) in [5.74, 6) is 0.762. The van der Waals surface area contributed by atoms with Gasteiger partial charge in [0.2, 0.25) is 0 Å². The molecule has 0 amide bonds. The summed E-state index contributed by atoms with van der Waals surface area (Å²) in [5, 5.41) is 3.57. The monoisotopic (exact) mass is 219 g/mol. The van der Waals surface area contributed by atoms with E-state index in [2.05, 4.69) is 42.6 Å². The van der Waals surface area contributed by atoms with Crippen molar-refractivity contribution in [2.45, 2.75) is 32.4 Å². The van der Waals surface area contributed by atoms with E-state index >= 15 is 0 Å². The van der Waals surface area contributed by atoms with Crippen LogP contribution in [0.2, 0.25) is 0 Å². The molecule has 0 spiro atoms. The molecule has 1 N–H and O–H groups in total. The van der Waals surface area contributed by atoms with Crippen molar-refractivity contribution in [2.24, 2.45) is 5.92 Å². The highest BCUT2D eigenvalue weighted by Gasteiger charge is 2.17. The van der Waals surface area contributed by atoms with Gasteiger partial charge in [-0.3, -0.25) is 0 Å². The van der Waals surface area contributed by atoms with Gasteiger partial charge in [0.05, 0.1) is 0 Å². The van der Waals surface area contributed by atoms with Crippen LogP contribution in [0.25, 0.3) is 0 Å². The second kappa shape index (κ2) is 6.02. The SMILES string of the molecule is CC(CC1CCOC1)NCc1ccccc1. The summed E-state index contributed by atoms with van der Waals surface area (Å²) in [6.07, 6.45) is 2.46. The predicted octanol–water partition coefficient (Wildman–Crippen LogP) is 2.59. The van der Waals surface area contributed by atoms with Gasteiger partial charge in [0.1, 0.15) is 0 Å². The van der Waals surface area contributed by atoms with Gasteiger partial charge in [-0.25, -0.2) is 0 Å². The zero-order chi connectivity index (χ0) is 11.2. The highest BCUT2D eigenvalue weighted by atomic mass is 16.5. The smallest absolute Gasteiger partial charge is 0.0495 e. The third-order valence-corrected chi connectivity index (χ3v) is 3.21. The Labute approximate surface area is 98.0 Å². The van der Waals surface area contributed by atoms with Crippen LogP contribution in [0.1, 0.15) is 25.3 Å². The fourth-order valence-electron chi connectivity index (χ4n) is 2.24. The fourth-order valence-corrected chi connectivity index (χ4v) is 2.24. The number of benzene rings is 1. The van der Waals surface area contributed by atoms with E-state index in [-0.39, 0.29) is 0 Å². The van der Waals surface area contributed by atoms with Crippen molar-refractivity contribution < 1.29 is 4.74 Å². The summed E-state index contributed by atoms with van der Waals surface area (Å²) in [6.45, 7) is 5.14. The van der Waals surface area contributed by atoms with Gasteiger partial charge in [0.25, 0.3) is 0 Å². The van der Waals surface area contributed by atoms with Gasteiger partial charge in [-0.05, 0) is 31.2 Å². The van der Waals surface area contributed by atoms with Crippen LogP contribution in [0.3, 0.4) is 0 Å². The van der Waals surface area contributed by atoms with Crippen molar-refractivity contribution in [3.05, 3.63) is 35.9 Å². The summed E-state index contributed by atoms with van der Waals surface area (Å²) in [4.78, 5) is 0. The van der Waals surface area contributed by atoms with Crippen LogP contribution in [0.4, 0.5) is 0 Å². The molecule has 1 saturated heterocycles. The third-order valence-electron chi connectivity index (χ3n) is 3.21. The summed E-state index contributed by atoms with van der Waals surface area (Å²) in [6, 6.07) is 11.1. The second-order valence-electron chi connectivity index (χ2n) is 4.73. The van der Waals surface area contributed by atoms with Crippen molar-refractivity contribution >= 4 is 0 Å². The van der Waals surface area contributed by atoms with Crippen molar-refractivity contribution in [2.75, 3.05) is 13.2 Å². The lowest BCUT2D eigenvalue weighted by Gasteiger charge is -2.17. The van der Waals surface area contributed by atoms with Crippen molar-refractivity contribution in [3.63, 3.8) is 0 Å². The van der Waals surface area contributed by atoms with Crippen LogP contribution in [-0.4, -0.2) is 19.3 Å². The fraction of sp³-hybridized carbons (Fsp3) is 0.571. The Hall–Kier alpha value is -0.860. The Kier molecular flexibility index (Phi) is 4.37. The molecular formula is C14H21NO. The minimum absolute atomic E-state index is 0.576. The molecule has 1 fully saturated rings. The molecule has 2 atom stereocenters. The normalized spacial score (nSPS) is 22.2. The first-order valence-electron chi connectivity index (χ1n) is 6.19. The summed E-state index contributed by atoms with van der Waals surface area (Å²) in [7, 11) is 0. The Balaban J connectivity index is 1.69. The van der Waals surface area contributed by atoms with E-state index in [4.69, 9.17) is 4.74 Å². The highest BCUT2D eigenvalue weighted by molar-refractivity contribution is 5.14. The molecule has 2 nitrogen and oxygen atoms in total. The van der Waals surface area contributed by atoms with E-state index in [1.54, 1.807) is 0 Å². The van der Waals surface area contributed by atoms with Gasteiger partial charge in [0.15, 0.2) is 0 Å². The molecule has 1 aliphatic heterocycles. The van der Waals surface area contributed by atoms with Crippen LogP contribution in [0.15, 0.2) is 30.3 Å². The van der Waals surface area contributed by atoms with Crippen LogP contribution in [-0.2, 0) is 11.3 Å². The molecule has 0 aromatic heterocycles. The molecule has 88 valence electrons. The number of ether oxygens (including phenoxy) is 1. The topological polar surface area (TPSA) is 21.3 Å². The standard InChI is InChI=1S/C14H21NO/c1-12(9-14-7-8-16-11-14)15-10-13-5-3-2-4-6-13/h2-6,12,14-15H,7-11H2,1H3. The highest BCUT2D eigenvalue weighted by Crippen LogP contribution is 2.18. The van der Waals surface area contributed by atoms with Gasteiger partial charge >= 0.3 is 0 Å². The van der Waals surface area contributed by atoms with E-state index in [1.165, 1.54) is 18.4 Å². The summed E-state index contributed by atoms with van der Waals surface area (Å²) < 4.78 is 5.39. The number of hydrogen-bond donors (Lipinski definition) is 1. The Morgan fingerprint density at radius 3 is 2.88 bits per heavy atom. The number of hydrogen-bond acceptors (Lipinski definition) is 2. The zero-order valence-corrected chi connectivity index (χ0v) is 9.99. The number of rotatable bonds is 5. The van der Waals surface area contributed by atoms with Gasteiger partial charge in [-0.1, -0.05) is 30.3 Å². The molecule has 2 rings (SSSR count). The maximum Gasteiger partial charge on any atom is 0.0495 e. The van der Waals surface area contributed by atoms with Gasteiger partial charge in [-0.15, -0.1) is 0 Å². The van der Waals surface area contributed by atoms with Gasteiger partial charge in [-0.2, -0.15) is 0 Å². The average Bonchev–Trinajstić information content (AvgIpc) is 2.81. The van der Waals surface area contributed by atoms with Crippen LogP contribution in [0.5, 0.6) is 0 Å². The first kappa shape index (κ1) is 11.6. The lowest BCUT2D eigenvalue weighted by atomic mass is 10.00. The molecule has 1 aromatic rings. The van der Waals surface area contributed by atoms with Crippen molar-refractivity contribution in [3.8, 4) is 0 Å². The Bertz CT molecular complexity index is 293. The molecule has 0 radical (unpaired) electrons. The summed E-state index contributed by atoms with van der Waals surface area (Å²) >= 11 is 0. The molecule has 1 aromatic carbocycles. The third kappa shape index (κ3) is 3.62.